The smallest absolute Gasteiger partial charge is 0.416 e. The molecule has 0 unspecified atom stereocenters. The van der Waals surface area contributed by atoms with Crippen LogP contribution in [0.5, 0.6) is 5.75 Å². The van der Waals surface area contributed by atoms with E-state index in [4.69, 9.17) is 4.74 Å². The highest BCUT2D eigenvalue weighted by molar-refractivity contribution is 7.92. The third-order valence-corrected chi connectivity index (χ3v) is 5.57. The Morgan fingerprint density at radius 1 is 1.12 bits per heavy atom. The summed E-state index contributed by atoms with van der Waals surface area (Å²) in [6.45, 7) is 3.67. The number of alkyl halides is 3. The number of H-pyrrole nitrogens is 1. The molecule has 0 radical (unpaired) electrons. The van der Waals surface area contributed by atoms with Gasteiger partial charge in [-0.25, -0.2) is 0 Å². The number of carbonyl (C=O) groups is 1. The number of sulfonamides is 1. The highest BCUT2D eigenvalue weighted by atomic mass is 32.2. The van der Waals surface area contributed by atoms with Crippen LogP contribution >= 0.6 is 0 Å². The Hall–Kier alpha value is -3.54. The van der Waals surface area contributed by atoms with Gasteiger partial charge in [-0.15, -0.1) is 0 Å². The molecule has 0 saturated heterocycles. The van der Waals surface area contributed by atoms with Crippen LogP contribution in [0.25, 0.3) is 0 Å². The van der Waals surface area contributed by atoms with E-state index in [9.17, 15) is 26.4 Å². The zero-order valence-electron chi connectivity index (χ0n) is 16.9. The van der Waals surface area contributed by atoms with Crippen molar-refractivity contribution in [2.75, 3.05) is 16.6 Å². The number of aryl methyl sites for hydroxylation is 1. The number of nitrogens with zero attached hydrogens (tertiary/aromatic N) is 1. The lowest BCUT2D eigenvalue weighted by atomic mass is 10.2. The first-order valence-corrected chi connectivity index (χ1v) is 10.8. The van der Waals surface area contributed by atoms with Crippen molar-refractivity contribution in [3.05, 3.63) is 65.4 Å². The fraction of sp³-hybridized carbons (Fsp3) is 0.200. The van der Waals surface area contributed by atoms with Crippen LogP contribution in [0.3, 0.4) is 0 Å². The molecule has 0 aliphatic rings. The third-order valence-electron chi connectivity index (χ3n) is 4.26. The maximum absolute atomic E-state index is 12.9. The Labute approximate surface area is 181 Å². The molecule has 0 aliphatic heterocycles. The van der Waals surface area contributed by atoms with E-state index in [1.165, 1.54) is 25.1 Å². The van der Waals surface area contributed by atoms with Crippen LogP contribution in [0.4, 0.5) is 24.5 Å². The van der Waals surface area contributed by atoms with Crippen molar-refractivity contribution in [3.8, 4) is 5.75 Å². The van der Waals surface area contributed by atoms with Crippen molar-refractivity contribution in [1.82, 2.24) is 10.2 Å². The van der Waals surface area contributed by atoms with E-state index >= 15 is 0 Å². The van der Waals surface area contributed by atoms with E-state index in [0.717, 1.165) is 18.2 Å². The van der Waals surface area contributed by atoms with E-state index in [0.29, 0.717) is 12.4 Å². The second-order valence-corrected chi connectivity index (χ2v) is 8.22. The largest absolute Gasteiger partial charge is 0.494 e. The van der Waals surface area contributed by atoms with Crippen molar-refractivity contribution >= 4 is 27.3 Å². The summed E-state index contributed by atoms with van der Waals surface area (Å²) in [5.74, 6) is -0.380. The molecule has 1 heterocycles. The van der Waals surface area contributed by atoms with E-state index in [1.54, 1.807) is 12.1 Å². The molecule has 32 heavy (non-hydrogen) atoms. The summed E-state index contributed by atoms with van der Waals surface area (Å²) in [5, 5.41) is 7.83. The van der Waals surface area contributed by atoms with Gasteiger partial charge in [-0.3, -0.25) is 14.6 Å². The summed E-state index contributed by atoms with van der Waals surface area (Å²) < 4.78 is 72.0. The molecule has 8 nitrogen and oxygen atoms in total. The first-order valence-electron chi connectivity index (χ1n) is 9.30. The third kappa shape index (κ3) is 5.19. The zero-order chi connectivity index (χ0) is 23.5. The van der Waals surface area contributed by atoms with Gasteiger partial charge in [0.15, 0.2) is 0 Å². The molecule has 1 amide bonds. The topological polar surface area (TPSA) is 113 Å². The summed E-state index contributed by atoms with van der Waals surface area (Å²) >= 11 is 0. The molecule has 1 aromatic heterocycles. The minimum Gasteiger partial charge on any atom is -0.494 e. The minimum absolute atomic E-state index is 0.126. The number of hydrogen-bond donors (Lipinski definition) is 3. The molecule has 0 bridgehead atoms. The van der Waals surface area contributed by atoms with Crippen molar-refractivity contribution < 1.29 is 31.1 Å². The van der Waals surface area contributed by atoms with Gasteiger partial charge >= 0.3 is 6.18 Å². The number of carbonyl (C=O) groups excluding carboxylic acids is 1. The summed E-state index contributed by atoms with van der Waals surface area (Å²) in [4.78, 5) is 12.7. The molecule has 3 N–H and O–H groups in total. The standard InChI is InChI=1S/C20H19F3N4O4S/c1-3-31-16-9-7-14(8-10-16)27-32(29,30)19-17(12(2)25-26-19)18(28)24-15-6-4-5-13(11-15)20(21,22)23/h4-11,27H,3H2,1-2H3,(H,24,28)(H,25,26). The Morgan fingerprint density at radius 2 is 1.81 bits per heavy atom. The number of benzene rings is 2. The number of aromatic amines is 1. The maximum Gasteiger partial charge on any atom is 0.416 e. The van der Waals surface area contributed by atoms with Crippen LogP contribution in [0.1, 0.15) is 28.5 Å². The lowest BCUT2D eigenvalue weighted by molar-refractivity contribution is -0.137. The van der Waals surface area contributed by atoms with Gasteiger partial charge in [0.05, 0.1) is 12.2 Å². The molecule has 0 atom stereocenters. The lowest BCUT2D eigenvalue weighted by Crippen LogP contribution is -2.20. The summed E-state index contributed by atoms with van der Waals surface area (Å²) in [6, 6.07) is 10.1. The van der Waals surface area contributed by atoms with Gasteiger partial charge in [0.2, 0.25) is 5.03 Å². The highest BCUT2D eigenvalue weighted by Crippen LogP contribution is 2.31. The molecule has 2 aromatic carbocycles. The van der Waals surface area contributed by atoms with Crippen molar-refractivity contribution in [1.29, 1.82) is 0 Å². The Kier molecular flexibility index (Phi) is 6.44. The average molecular weight is 468 g/mol. The zero-order valence-corrected chi connectivity index (χ0v) is 17.8. The molecule has 3 aromatic rings. The maximum atomic E-state index is 12.9. The summed E-state index contributed by atoms with van der Waals surface area (Å²) in [5.41, 5.74) is -1.08. The molecular formula is C20H19F3N4O4S. The molecule has 12 heteroatoms. The second kappa shape index (κ2) is 8.91. The molecule has 3 rings (SSSR count). The number of anilines is 2. The van der Waals surface area contributed by atoms with Crippen LogP contribution in [0, 0.1) is 6.92 Å². The number of rotatable bonds is 7. The van der Waals surface area contributed by atoms with Gasteiger partial charge in [0.1, 0.15) is 11.3 Å². The average Bonchev–Trinajstić information content (AvgIpc) is 3.12. The van der Waals surface area contributed by atoms with Crippen LogP contribution in [-0.2, 0) is 16.2 Å². The fourth-order valence-corrected chi connectivity index (χ4v) is 4.05. The molecule has 0 spiro atoms. The minimum atomic E-state index is -4.59. The predicted molar refractivity (Wildman–Crippen MR) is 111 cm³/mol. The molecular weight excluding hydrogens is 449 g/mol. The van der Waals surface area contributed by atoms with E-state index < -0.39 is 32.7 Å². The van der Waals surface area contributed by atoms with Crippen LogP contribution in [0.2, 0.25) is 0 Å². The highest BCUT2D eigenvalue weighted by Gasteiger charge is 2.31. The number of aromatic nitrogens is 2. The quantitative estimate of drug-likeness (QED) is 0.481. The fourth-order valence-electron chi connectivity index (χ4n) is 2.82. The van der Waals surface area contributed by atoms with Crippen molar-refractivity contribution in [2.24, 2.45) is 0 Å². The normalized spacial score (nSPS) is 11.8. The van der Waals surface area contributed by atoms with Gasteiger partial charge in [0.25, 0.3) is 15.9 Å². The molecule has 0 fully saturated rings. The van der Waals surface area contributed by atoms with E-state index in [1.807, 2.05) is 6.92 Å². The first-order chi connectivity index (χ1) is 15.0. The SMILES string of the molecule is CCOc1ccc(NS(=O)(=O)c2n[nH]c(C)c2C(=O)Nc2cccc(C(F)(F)F)c2)cc1. The molecule has 0 saturated carbocycles. The molecule has 0 aliphatic carbocycles. The number of hydrogen-bond acceptors (Lipinski definition) is 5. The summed E-state index contributed by atoms with van der Waals surface area (Å²) in [7, 11) is -4.29. The number of amides is 1. The number of nitrogens with one attached hydrogen (secondary N) is 3. The first kappa shape index (κ1) is 23.1. The van der Waals surface area contributed by atoms with Gasteiger partial charge in [0, 0.05) is 17.1 Å². The summed E-state index contributed by atoms with van der Waals surface area (Å²) in [6.07, 6.45) is -4.59. The predicted octanol–water partition coefficient (Wildman–Crippen LogP) is 4.19. The number of ether oxygens (including phenoxy) is 1. The Morgan fingerprint density at radius 3 is 2.44 bits per heavy atom. The monoisotopic (exact) mass is 468 g/mol. The van der Waals surface area contributed by atoms with Crippen LogP contribution in [-0.4, -0.2) is 31.1 Å². The number of halogens is 3. The van der Waals surface area contributed by atoms with E-state index in [-0.39, 0.29) is 22.6 Å². The second-order valence-electron chi connectivity index (χ2n) is 6.62. The lowest BCUT2D eigenvalue weighted by Gasteiger charge is -2.11. The Balaban J connectivity index is 1.86. The van der Waals surface area contributed by atoms with Gasteiger partial charge < -0.3 is 10.1 Å². The van der Waals surface area contributed by atoms with E-state index in [2.05, 4.69) is 20.2 Å². The van der Waals surface area contributed by atoms with Gasteiger partial charge in [-0.2, -0.15) is 26.7 Å². The van der Waals surface area contributed by atoms with Crippen molar-refractivity contribution in [2.45, 2.75) is 25.0 Å². The van der Waals surface area contributed by atoms with Crippen molar-refractivity contribution in [3.63, 3.8) is 0 Å². The van der Waals surface area contributed by atoms with Crippen LogP contribution < -0.4 is 14.8 Å². The van der Waals surface area contributed by atoms with Crippen LogP contribution in [0.15, 0.2) is 53.6 Å². The van der Waals surface area contributed by atoms with Gasteiger partial charge in [-0.05, 0) is 56.3 Å². The Bertz CT molecular complexity index is 1220. The molecule has 170 valence electrons. The van der Waals surface area contributed by atoms with Gasteiger partial charge in [-0.1, -0.05) is 6.07 Å².